The van der Waals surface area contributed by atoms with Gasteiger partial charge in [0.1, 0.15) is 5.75 Å². The Bertz CT molecular complexity index is 521. The molecule has 4 heteroatoms. The summed E-state index contributed by atoms with van der Waals surface area (Å²) >= 11 is 1.70. The normalized spacial score (nSPS) is 12.7. The molecule has 1 atom stereocenters. The van der Waals surface area contributed by atoms with Crippen LogP contribution in [0.3, 0.4) is 0 Å². The molecule has 0 aliphatic carbocycles. The van der Waals surface area contributed by atoms with Crippen molar-refractivity contribution in [1.29, 1.82) is 0 Å². The summed E-state index contributed by atoms with van der Waals surface area (Å²) in [5.74, 6) is 0.897. The van der Waals surface area contributed by atoms with Crippen LogP contribution in [0.25, 0.3) is 0 Å². The van der Waals surface area contributed by atoms with Gasteiger partial charge in [0.15, 0.2) is 0 Å². The molecule has 19 heavy (non-hydrogen) atoms. The van der Waals surface area contributed by atoms with Crippen molar-refractivity contribution in [3.8, 4) is 5.75 Å². The maximum absolute atomic E-state index is 5.19. The maximum atomic E-state index is 5.19. The minimum absolute atomic E-state index is 0.355. The molecule has 0 N–H and O–H groups in total. The lowest BCUT2D eigenvalue weighted by Crippen LogP contribution is -2.22. The van der Waals surface area contributed by atoms with Gasteiger partial charge in [0, 0.05) is 18.0 Å². The number of hydrogen-bond donors (Lipinski definition) is 0. The van der Waals surface area contributed by atoms with Crippen LogP contribution in [0.4, 0.5) is 0 Å². The Morgan fingerprint density at radius 2 is 2.00 bits per heavy atom. The lowest BCUT2D eigenvalue weighted by Gasteiger charge is -2.24. The van der Waals surface area contributed by atoms with Gasteiger partial charge in [0.2, 0.25) is 0 Å². The standard InChI is InChI=1S/C15H20N2OS/c1-11(13-5-7-15(18-4)8-6-13)17(3)9-14-10-19-12(2)16-14/h5-8,10-11H,9H2,1-4H3. The van der Waals surface area contributed by atoms with Gasteiger partial charge in [-0.2, -0.15) is 0 Å². The van der Waals surface area contributed by atoms with Crippen LogP contribution in [0.1, 0.15) is 29.2 Å². The monoisotopic (exact) mass is 276 g/mol. The SMILES string of the molecule is COc1ccc(C(C)N(C)Cc2csc(C)n2)cc1. The maximum Gasteiger partial charge on any atom is 0.118 e. The van der Waals surface area contributed by atoms with E-state index in [9.17, 15) is 0 Å². The fourth-order valence-corrected chi connectivity index (χ4v) is 2.61. The van der Waals surface area contributed by atoms with Gasteiger partial charge in [-0.1, -0.05) is 12.1 Å². The van der Waals surface area contributed by atoms with Gasteiger partial charge < -0.3 is 4.74 Å². The van der Waals surface area contributed by atoms with E-state index in [1.807, 2.05) is 19.1 Å². The third-order valence-corrected chi connectivity index (χ3v) is 4.16. The lowest BCUT2D eigenvalue weighted by atomic mass is 10.1. The van der Waals surface area contributed by atoms with E-state index in [0.29, 0.717) is 6.04 Å². The van der Waals surface area contributed by atoms with Crippen molar-refractivity contribution in [1.82, 2.24) is 9.88 Å². The van der Waals surface area contributed by atoms with Gasteiger partial charge in [-0.3, -0.25) is 4.90 Å². The van der Waals surface area contributed by atoms with Crippen LogP contribution >= 0.6 is 11.3 Å². The third-order valence-electron chi connectivity index (χ3n) is 3.34. The molecule has 0 bridgehead atoms. The van der Waals surface area contributed by atoms with Crippen molar-refractivity contribution in [2.75, 3.05) is 14.2 Å². The van der Waals surface area contributed by atoms with E-state index in [-0.39, 0.29) is 0 Å². The minimum atomic E-state index is 0.355. The van der Waals surface area contributed by atoms with Gasteiger partial charge >= 0.3 is 0 Å². The molecule has 0 spiro atoms. The first-order valence-corrected chi connectivity index (χ1v) is 7.23. The van der Waals surface area contributed by atoms with E-state index in [4.69, 9.17) is 4.74 Å². The van der Waals surface area contributed by atoms with E-state index in [1.165, 1.54) is 5.56 Å². The zero-order valence-corrected chi connectivity index (χ0v) is 12.7. The van der Waals surface area contributed by atoms with Crippen molar-refractivity contribution in [2.45, 2.75) is 26.4 Å². The Morgan fingerprint density at radius 1 is 1.32 bits per heavy atom. The summed E-state index contributed by atoms with van der Waals surface area (Å²) in [6.07, 6.45) is 0. The molecule has 0 saturated heterocycles. The summed E-state index contributed by atoms with van der Waals surface area (Å²) in [5.41, 5.74) is 2.43. The van der Waals surface area contributed by atoms with Crippen molar-refractivity contribution in [3.63, 3.8) is 0 Å². The van der Waals surface area contributed by atoms with Crippen molar-refractivity contribution in [3.05, 3.63) is 45.9 Å². The average Bonchev–Trinajstić information content (AvgIpc) is 2.83. The first-order chi connectivity index (χ1) is 9.10. The summed E-state index contributed by atoms with van der Waals surface area (Å²) in [7, 11) is 3.82. The molecule has 0 aliphatic heterocycles. The molecule has 102 valence electrons. The molecule has 2 rings (SSSR count). The molecule has 1 unspecified atom stereocenters. The van der Waals surface area contributed by atoms with Gasteiger partial charge in [0.05, 0.1) is 17.8 Å². The highest BCUT2D eigenvalue weighted by atomic mass is 32.1. The van der Waals surface area contributed by atoms with Crippen molar-refractivity contribution in [2.24, 2.45) is 0 Å². The average molecular weight is 276 g/mol. The molecule has 1 heterocycles. The predicted octanol–water partition coefficient (Wildman–Crippen LogP) is 3.65. The first kappa shape index (κ1) is 14.0. The number of aryl methyl sites for hydroxylation is 1. The number of methoxy groups -OCH3 is 1. The summed E-state index contributed by atoms with van der Waals surface area (Å²) in [4.78, 5) is 6.81. The predicted molar refractivity (Wildman–Crippen MR) is 79.7 cm³/mol. The molecule has 1 aromatic heterocycles. The summed E-state index contributed by atoms with van der Waals surface area (Å²) in [6, 6.07) is 8.60. The Kier molecular flexibility index (Phi) is 4.56. The summed E-state index contributed by atoms with van der Waals surface area (Å²) in [6.45, 7) is 5.12. The highest BCUT2D eigenvalue weighted by molar-refractivity contribution is 7.09. The van der Waals surface area contributed by atoms with Gasteiger partial charge in [-0.25, -0.2) is 4.98 Å². The quantitative estimate of drug-likeness (QED) is 0.833. The molecule has 0 radical (unpaired) electrons. The van der Waals surface area contributed by atoms with Crippen LogP contribution in [0, 0.1) is 6.92 Å². The van der Waals surface area contributed by atoms with Crippen LogP contribution in [-0.2, 0) is 6.54 Å². The fraction of sp³-hybridized carbons (Fsp3) is 0.400. The van der Waals surface area contributed by atoms with E-state index in [1.54, 1.807) is 18.4 Å². The molecular weight excluding hydrogens is 256 g/mol. The fourth-order valence-electron chi connectivity index (χ4n) is 2.01. The molecule has 1 aromatic carbocycles. The Balaban J connectivity index is 2.03. The number of hydrogen-bond acceptors (Lipinski definition) is 4. The number of aromatic nitrogens is 1. The zero-order chi connectivity index (χ0) is 13.8. The van der Waals surface area contributed by atoms with Crippen LogP contribution in [-0.4, -0.2) is 24.0 Å². The highest BCUT2D eigenvalue weighted by Gasteiger charge is 2.13. The van der Waals surface area contributed by atoms with E-state index < -0.39 is 0 Å². The van der Waals surface area contributed by atoms with Crippen molar-refractivity contribution < 1.29 is 4.74 Å². The smallest absolute Gasteiger partial charge is 0.118 e. The first-order valence-electron chi connectivity index (χ1n) is 6.35. The van der Waals surface area contributed by atoms with Crippen LogP contribution in [0.5, 0.6) is 5.75 Å². The lowest BCUT2D eigenvalue weighted by molar-refractivity contribution is 0.250. The minimum Gasteiger partial charge on any atom is -0.497 e. The molecule has 3 nitrogen and oxygen atoms in total. The van der Waals surface area contributed by atoms with Gasteiger partial charge in [0.25, 0.3) is 0 Å². The van der Waals surface area contributed by atoms with Crippen LogP contribution < -0.4 is 4.74 Å². The topological polar surface area (TPSA) is 25.4 Å². The molecular formula is C15H20N2OS. The zero-order valence-electron chi connectivity index (χ0n) is 11.9. The third kappa shape index (κ3) is 3.55. The Morgan fingerprint density at radius 3 is 2.53 bits per heavy atom. The number of benzene rings is 1. The highest BCUT2D eigenvalue weighted by Crippen LogP contribution is 2.23. The number of nitrogens with zero attached hydrogens (tertiary/aromatic N) is 2. The second-order valence-electron chi connectivity index (χ2n) is 4.72. The summed E-state index contributed by atoms with van der Waals surface area (Å²) < 4.78 is 5.19. The Labute approximate surface area is 118 Å². The van der Waals surface area contributed by atoms with Gasteiger partial charge in [-0.05, 0) is 38.6 Å². The number of rotatable bonds is 5. The van der Waals surface area contributed by atoms with E-state index >= 15 is 0 Å². The molecule has 0 aliphatic rings. The summed E-state index contributed by atoms with van der Waals surface area (Å²) in [5, 5.41) is 3.26. The van der Waals surface area contributed by atoms with Crippen LogP contribution in [0.2, 0.25) is 0 Å². The number of thiazole rings is 1. The number of ether oxygens (including phenoxy) is 1. The van der Waals surface area contributed by atoms with E-state index in [2.05, 4.69) is 41.4 Å². The largest absolute Gasteiger partial charge is 0.497 e. The van der Waals surface area contributed by atoms with E-state index in [0.717, 1.165) is 23.0 Å². The molecule has 0 saturated carbocycles. The molecule has 0 amide bonds. The second kappa shape index (κ2) is 6.17. The molecule has 0 fully saturated rings. The molecule has 2 aromatic rings. The van der Waals surface area contributed by atoms with Crippen molar-refractivity contribution >= 4 is 11.3 Å². The second-order valence-corrected chi connectivity index (χ2v) is 5.78. The Hall–Kier alpha value is -1.39. The van der Waals surface area contributed by atoms with Gasteiger partial charge in [-0.15, -0.1) is 11.3 Å². The van der Waals surface area contributed by atoms with Crippen LogP contribution in [0.15, 0.2) is 29.6 Å².